The lowest BCUT2D eigenvalue weighted by molar-refractivity contribution is -0.142. The number of rotatable bonds is 3. The van der Waals surface area contributed by atoms with Gasteiger partial charge in [0.2, 0.25) is 0 Å². The van der Waals surface area contributed by atoms with Crippen molar-refractivity contribution in [3.8, 4) is 0 Å². The molecule has 5 nitrogen and oxygen atoms in total. The van der Waals surface area contributed by atoms with Crippen molar-refractivity contribution in [1.29, 1.82) is 0 Å². The Bertz CT molecular complexity index is 393. The Morgan fingerprint density at radius 2 is 2.06 bits per heavy atom. The molecule has 1 saturated heterocycles. The SMILES string of the molecule is O=NN1CCC(c2ccccc2)C1C(=O)O. The molecule has 1 aromatic rings. The molecule has 1 aromatic carbocycles. The van der Waals surface area contributed by atoms with Gasteiger partial charge in [-0.1, -0.05) is 30.3 Å². The molecule has 84 valence electrons. The molecule has 1 aliphatic rings. The second-order valence-corrected chi connectivity index (χ2v) is 3.83. The highest BCUT2D eigenvalue weighted by atomic mass is 16.4. The van der Waals surface area contributed by atoms with Crippen LogP contribution in [0, 0.1) is 4.91 Å². The molecule has 1 N–H and O–H groups in total. The molecule has 2 rings (SSSR count). The minimum absolute atomic E-state index is 0.156. The Morgan fingerprint density at radius 3 is 2.62 bits per heavy atom. The first kappa shape index (κ1) is 10.6. The number of hydrogen-bond acceptors (Lipinski definition) is 3. The summed E-state index contributed by atoms with van der Waals surface area (Å²) in [5.41, 5.74) is 0.945. The van der Waals surface area contributed by atoms with Gasteiger partial charge in [-0.2, -0.15) is 0 Å². The zero-order valence-corrected chi connectivity index (χ0v) is 8.61. The first-order chi connectivity index (χ1) is 7.74. The van der Waals surface area contributed by atoms with Gasteiger partial charge in [0.1, 0.15) is 0 Å². The van der Waals surface area contributed by atoms with Crippen molar-refractivity contribution in [3.05, 3.63) is 40.8 Å². The van der Waals surface area contributed by atoms with Crippen molar-refractivity contribution in [1.82, 2.24) is 5.01 Å². The van der Waals surface area contributed by atoms with Gasteiger partial charge in [-0.25, -0.2) is 9.80 Å². The van der Waals surface area contributed by atoms with Crippen LogP contribution in [0.1, 0.15) is 17.9 Å². The quantitative estimate of drug-likeness (QED) is 0.785. The largest absolute Gasteiger partial charge is 0.480 e. The summed E-state index contributed by atoms with van der Waals surface area (Å²) in [6.45, 7) is 0.403. The maximum atomic E-state index is 11.1. The fraction of sp³-hybridized carbons (Fsp3) is 0.364. The number of nitroso groups, excluding NO2 is 1. The molecular formula is C11H12N2O3. The van der Waals surface area contributed by atoms with Crippen molar-refractivity contribution in [2.45, 2.75) is 18.4 Å². The molecule has 0 radical (unpaired) electrons. The third-order valence-electron chi connectivity index (χ3n) is 2.96. The number of benzene rings is 1. The molecule has 0 aromatic heterocycles. The van der Waals surface area contributed by atoms with Crippen molar-refractivity contribution < 1.29 is 9.90 Å². The lowest BCUT2D eigenvalue weighted by atomic mass is 9.92. The summed E-state index contributed by atoms with van der Waals surface area (Å²) >= 11 is 0. The molecular weight excluding hydrogens is 208 g/mol. The van der Waals surface area contributed by atoms with E-state index >= 15 is 0 Å². The molecule has 0 amide bonds. The van der Waals surface area contributed by atoms with Crippen LogP contribution in [0.4, 0.5) is 0 Å². The zero-order valence-electron chi connectivity index (χ0n) is 8.61. The Morgan fingerprint density at radius 1 is 1.38 bits per heavy atom. The van der Waals surface area contributed by atoms with Crippen molar-refractivity contribution >= 4 is 5.97 Å². The van der Waals surface area contributed by atoms with Gasteiger partial charge in [0.15, 0.2) is 6.04 Å². The van der Waals surface area contributed by atoms with E-state index in [-0.39, 0.29) is 5.92 Å². The molecule has 0 saturated carbocycles. The van der Waals surface area contributed by atoms with Gasteiger partial charge in [0.05, 0.1) is 5.29 Å². The number of carbonyl (C=O) groups is 1. The molecule has 1 fully saturated rings. The molecule has 2 unspecified atom stereocenters. The van der Waals surface area contributed by atoms with Crippen LogP contribution >= 0.6 is 0 Å². The highest BCUT2D eigenvalue weighted by Crippen LogP contribution is 2.33. The Kier molecular flexibility index (Phi) is 2.85. The molecule has 5 heteroatoms. The van der Waals surface area contributed by atoms with Crippen LogP contribution in [-0.2, 0) is 4.79 Å². The summed E-state index contributed by atoms with van der Waals surface area (Å²) in [7, 11) is 0. The van der Waals surface area contributed by atoms with E-state index in [0.717, 1.165) is 10.6 Å². The standard InChI is InChI=1S/C11H12N2O3/c14-11(15)10-9(6-7-13(10)12-16)8-4-2-1-3-5-8/h1-5,9-10H,6-7H2,(H,14,15). The fourth-order valence-corrected chi connectivity index (χ4v) is 2.22. The number of aliphatic carboxylic acids is 1. The summed E-state index contributed by atoms with van der Waals surface area (Å²) in [5.74, 6) is -1.15. The smallest absolute Gasteiger partial charge is 0.328 e. The Labute approximate surface area is 92.6 Å². The number of hydrogen-bond donors (Lipinski definition) is 1. The predicted octanol–water partition coefficient (Wildman–Crippen LogP) is 1.61. The highest BCUT2D eigenvalue weighted by molar-refractivity contribution is 5.75. The lowest BCUT2D eigenvalue weighted by Crippen LogP contribution is -2.35. The third kappa shape index (κ3) is 1.76. The topological polar surface area (TPSA) is 70.0 Å². The maximum absolute atomic E-state index is 11.1. The van der Waals surface area contributed by atoms with Crippen molar-refractivity contribution in [3.63, 3.8) is 0 Å². The summed E-state index contributed by atoms with van der Waals surface area (Å²) in [4.78, 5) is 21.6. The predicted molar refractivity (Wildman–Crippen MR) is 57.7 cm³/mol. The Hall–Kier alpha value is -1.91. The van der Waals surface area contributed by atoms with Gasteiger partial charge in [-0.15, -0.1) is 4.91 Å². The summed E-state index contributed by atoms with van der Waals surface area (Å²) in [5, 5.41) is 13.0. The van der Waals surface area contributed by atoms with Crippen molar-refractivity contribution in [2.75, 3.05) is 6.54 Å². The second kappa shape index (κ2) is 4.30. The first-order valence-corrected chi connectivity index (χ1v) is 5.11. The lowest BCUT2D eigenvalue weighted by Gasteiger charge is -2.19. The van der Waals surface area contributed by atoms with E-state index in [1.54, 1.807) is 0 Å². The number of carboxylic acid groups (broad SMARTS) is 1. The normalized spacial score (nSPS) is 24.4. The van der Waals surface area contributed by atoms with E-state index in [1.165, 1.54) is 0 Å². The van der Waals surface area contributed by atoms with Crippen molar-refractivity contribution in [2.24, 2.45) is 5.29 Å². The first-order valence-electron chi connectivity index (χ1n) is 5.11. The molecule has 1 aliphatic heterocycles. The van der Waals surface area contributed by atoms with Gasteiger partial charge in [0.25, 0.3) is 0 Å². The van der Waals surface area contributed by atoms with E-state index in [4.69, 9.17) is 5.11 Å². The summed E-state index contributed by atoms with van der Waals surface area (Å²) in [6.07, 6.45) is 0.646. The molecule has 1 heterocycles. The Balaban J connectivity index is 2.28. The minimum atomic E-state index is -0.994. The zero-order chi connectivity index (χ0) is 11.5. The number of carboxylic acids is 1. The molecule has 16 heavy (non-hydrogen) atoms. The van der Waals surface area contributed by atoms with Crippen LogP contribution in [0.2, 0.25) is 0 Å². The van der Waals surface area contributed by atoms with E-state index in [0.29, 0.717) is 13.0 Å². The van der Waals surface area contributed by atoms with E-state index in [9.17, 15) is 9.70 Å². The maximum Gasteiger partial charge on any atom is 0.328 e. The van der Waals surface area contributed by atoms with Crippen LogP contribution in [-0.4, -0.2) is 28.7 Å². The second-order valence-electron chi connectivity index (χ2n) is 3.83. The third-order valence-corrected chi connectivity index (χ3v) is 2.96. The molecule has 2 atom stereocenters. The van der Waals surface area contributed by atoms with E-state index in [2.05, 4.69) is 5.29 Å². The molecule has 0 spiro atoms. The fourth-order valence-electron chi connectivity index (χ4n) is 2.22. The molecule has 0 bridgehead atoms. The van der Waals surface area contributed by atoms with E-state index < -0.39 is 12.0 Å². The van der Waals surface area contributed by atoms with Gasteiger partial charge in [-0.3, -0.25) is 0 Å². The monoisotopic (exact) mass is 220 g/mol. The van der Waals surface area contributed by atoms with Crippen LogP contribution in [0.25, 0.3) is 0 Å². The van der Waals surface area contributed by atoms with E-state index in [1.807, 2.05) is 30.3 Å². The van der Waals surface area contributed by atoms with Gasteiger partial charge < -0.3 is 5.11 Å². The highest BCUT2D eigenvalue weighted by Gasteiger charge is 2.40. The van der Waals surface area contributed by atoms with Gasteiger partial charge >= 0.3 is 5.97 Å². The average Bonchev–Trinajstić information content (AvgIpc) is 2.73. The average molecular weight is 220 g/mol. The van der Waals surface area contributed by atoms with Crippen LogP contribution in [0.3, 0.4) is 0 Å². The van der Waals surface area contributed by atoms with Gasteiger partial charge in [0, 0.05) is 12.5 Å². The summed E-state index contributed by atoms with van der Waals surface area (Å²) < 4.78 is 0. The van der Waals surface area contributed by atoms with Gasteiger partial charge in [-0.05, 0) is 12.0 Å². The minimum Gasteiger partial charge on any atom is -0.480 e. The number of nitrogens with zero attached hydrogens (tertiary/aromatic N) is 2. The van der Waals surface area contributed by atoms with Crippen LogP contribution < -0.4 is 0 Å². The van der Waals surface area contributed by atoms with Crippen LogP contribution in [0.15, 0.2) is 35.6 Å². The van der Waals surface area contributed by atoms with Crippen LogP contribution in [0.5, 0.6) is 0 Å². The molecule has 0 aliphatic carbocycles. The summed E-state index contributed by atoms with van der Waals surface area (Å²) in [6, 6.07) is 8.55.